The quantitative estimate of drug-likeness (QED) is 0.727. The van der Waals surface area contributed by atoms with Crippen LogP contribution in [0.1, 0.15) is 18.1 Å². The van der Waals surface area contributed by atoms with Crippen LogP contribution in [0.15, 0.2) is 65.3 Å². The second-order valence-electron chi connectivity index (χ2n) is 6.98. The number of carbonyl (C=O) groups excluding carboxylic acids is 3. The van der Waals surface area contributed by atoms with Gasteiger partial charge in [-0.1, -0.05) is 12.1 Å². The number of pyridine rings is 1. The van der Waals surface area contributed by atoms with Crippen LogP contribution in [0, 0.1) is 11.7 Å². The summed E-state index contributed by atoms with van der Waals surface area (Å²) in [5.74, 6) is -2.64. The molecule has 2 aromatic rings. The van der Waals surface area contributed by atoms with Crippen molar-refractivity contribution in [2.24, 2.45) is 11.0 Å². The lowest BCUT2D eigenvalue weighted by Crippen LogP contribution is -2.44. The number of hydrogen-bond donors (Lipinski definition) is 2. The fraction of sp³-hybridized carbons (Fsp3) is 0.190. The maximum atomic E-state index is 13.1. The summed E-state index contributed by atoms with van der Waals surface area (Å²) >= 11 is 0. The maximum Gasteiger partial charge on any atom is 0.289 e. The summed E-state index contributed by atoms with van der Waals surface area (Å²) in [4.78, 5) is 42.0. The molecule has 1 aromatic carbocycles. The van der Waals surface area contributed by atoms with Gasteiger partial charge in [0.05, 0.1) is 0 Å². The SMILES string of the molecule is CC1=C2NC(C(=O)NCc3ccncc3)=NN2C(=O)C(Cc2ccc(F)cc2)C1=O. The van der Waals surface area contributed by atoms with Crippen molar-refractivity contribution >= 4 is 23.4 Å². The first-order valence-electron chi connectivity index (χ1n) is 9.30. The van der Waals surface area contributed by atoms with Crippen LogP contribution >= 0.6 is 0 Å². The van der Waals surface area contributed by atoms with Gasteiger partial charge in [0.2, 0.25) is 5.84 Å². The normalized spacial score (nSPS) is 18.1. The molecule has 0 saturated heterocycles. The van der Waals surface area contributed by atoms with E-state index < -0.39 is 23.5 Å². The molecule has 2 N–H and O–H groups in total. The molecule has 0 fully saturated rings. The Morgan fingerprint density at radius 2 is 1.83 bits per heavy atom. The third-order valence-electron chi connectivity index (χ3n) is 4.97. The Hall–Kier alpha value is -3.88. The maximum absolute atomic E-state index is 13.1. The Morgan fingerprint density at radius 3 is 2.53 bits per heavy atom. The second-order valence-corrected chi connectivity index (χ2v) is 6.98. The highest BCUT2D eigenvalue weighted by Crippen LogP contribution is 2.28. The highest BCUT2D eigenvalue weighted by Gasteiger charge is 2.43. The van der Waals surface area contributed by atoms with Gasteiger partial charge in [0.15, 0.2) is 5.78 Å². The molecule has 30 heavy (non-hydrogen) atoms. The van der Waals surface area contributed by atoms with Gasteiger partial charge in [-0.25, -0.2) is 4.39 Å². The molecule has 2 amide bonds. The van der Waals surface area contributed by atoms with Crippen molar-refractivity contribution in [1.29, 1.82) is 0 Å². The Labute approximate surface area is 171 Å². The molecule has 4 rings (SSSR count). The lowest BCUT2D eigenvalue weighted by Gasteiger charge is -2.27. The smallest absolute Gasteiger partial charge is 0.289 e. The minimum Gasteiger partial charge on any atom is -0.345 e. The predicted molar refractivity (Wildman–Crippen MR) is 105 cm³/mol. The zero-order valence-electron chi connectivity index (χ0n) is 16.1. The summed E-state index contributed by atoms with van der Waals surface area (Å²) in [6, 6.07) is 9.16. The van der Waals surface area contributed by atoms with Gasteiger partial charge in [-0.15, -0.1) is 5.10 Å². The fourth-order valence-electron chi connectivity index (χ4n) is 3.30. The average Bonchev–Trinajstić information content (AvgIpc) is 3.21. The first-order chi connectivity index (χ1) is 14.4. The van der Waals surface area contributed by atoms with E-state index in [1.807, 2.05) is 0 Å². The van der Waals surface area contributed by atoms with E-state index in [9.17, 15) is 18.8 Å². The number of carbonyl (C=O) groups is 3. The summed E-state index contributed by atoms with van der Waals surface area (Å²) in [5.41, 5.74) is 1.82. The van der Waals surface area contributed by atoms with E-state index in [-0.39, 0.29) is 30.4 Å². The largest absolute Gasteiger partial charge is 0.345 e. The van der Waals surface area contributed by atoms with Crippen molar-refractivity contribution in [2.45, 2.75) is 19.9 Å². The van der Waals surface area contributed by atoms with E-state index in [1.54, 1.807) is 31.5 Å². The van der Waals surface area contributed by atoms with E-state index in [4.69, 9.17) is 0 Å². The summed E-state index contributed by atoms with van der Waals surface area (Å²) < 4.78 is 13.1. The van der Waals surface area contributed by atoms with Crippen LogP contribution in [-0.4, -0.2) is 33.4 Å². The molecule has 2 aliphatic heterocycles. The van der Waals surface area contributed by atoms with E-state index in [0.717, 1.165) is 10.6 Å². The lowest BCUT2D eigenvalue weighted by molar-refractivity contribution is -0.140. The van der Waals surface area contributed by atoms with Gasteiger partial charge in [0, 0.05) is 24.5 Å². The van der Waals surface area contributed by atoms with Crippen molar-refractivity contribution in [3.05, 3.63) is 77.1 Å². The number of benzene rings is 1. The summed E-state index contributed by atoms with van der Waals surface area (Å²) in [6.07, 6.45) is 3.36. The molecule has 0 aliphatic carbocycles. The van der Waals surface area contributed by atoms with Crippen LogP contribution < -0.4 is 10.6 Å². The second kappa shape index (κ2) is 7.86. The number of amidine groups is 1. The number of halogens is 1. The Balaban J connectivity index is 1.50. The zero-order valence-corrected chi connectivity index (χ0v) is 16.1. The van der Waals surface area contributed by atoms with Gasteiger partial charge < -0.3 is 10.6 Å². The number of fused-ring (bicyclic) bond motifs is 1. The van der Waals surface area contributed by atoms with Gasteiger partial charge in [-0.2, -0.15) is 5.01 Å². The zero-order chi connectivity index (χ0) is 21.3. The summed E-state index contributed by atoms with van der Waals surface area (Å²) in [5, 5.41) is 10.6. The molecular formula is C21H18FN5O3. The monoisotopic (exact) mass is 407 g/mol. The number of nitrogens with one attached hydrogen (secondary N) is 2. The van der Waals surface area contributed by atoms with Gasteiger partial charge in [-0.05, 0) is 48.7 Å². The third kappa shape index (κ3) is 3.69. The van der Waals surface area contributed by atoms with Gasteiger partial charge in [-0.3, -0.25) is 19.4 Å². The van der Waals surface area contributed by atoms with Gasteiger partial charge in [0.1, 0.15) is 17.6 Å². The van der Waals surface area contributed by atoms with Gasteiger partial charge in [0.25, 0.3) is 11.8 Å². The van der Waals surface area contributed by atoms with E-state index >= 15 is 0 Å². The topological polar surface area (TPSA) is 104 Å². The molecule has 3 heterocycles. The van der Waals surface area contributed by atoms with Crippen LogP contribution in [0.2, 0.25) is 0 Å². The highest BCUT2D eigenvalue weighted by molar-refractivity contribution is 6.39. The summed E-state index contributed by atoms with van der Waals surface area (Å²) in [7, 11) is 0. The number of rotatable bonds is 5. The number of Topliss-reactive ketones (excluding diaryl/α,β-unsaturated/α-hetero) is 1. The average molecular weight is 407 g/mol. The number of amides is 2. The molecule has 0 bridgehead atoms. The van der Waals surface area contributed by atoms with Crippen molar-refractivity contribution in [3.63, 3.8) is 0 Å². The lowest BCUT2D eigenvalue weighted by atomic mass is 9.88. The standard InChI is InChI=1S/C21H18FN5O3/c1-12-17(28)16(10-13-2-4-15(22)5-3-13)21(30)27-19(12)25-18(26-27)20(29)24-11-14-6-8-23-9-7-14/h2-9,16H,10-11H2,1H3,(H,24,29)(H,25,26). The minimum atomic E-state index is -0.982. The summed E-state index contributed by atoms with van der Waals surface area (Å²) in [6.45, 7) is 1.84. The molecule has 8 nitrogen and oxygen atoms in total. The number of allylic oxidation sites excluding steroid dienone is 1. The number of ketones is 1. The molecule has 9 heteroatoms. The number of aromatic nitrogens is 1. The van der Waals surface area contributed by atoms with Crippen molar-refractivity contribution in [2.75, 3.05) is 0 Å². The van der Waals surface area contributed by atoms with Gasteiger partial charge >= 0.3 is 0 Å². The Kier molecular flexibility index (Phi) is 5.09. The minimum absolute atomic E-state index is 0.0676. The molecule has 2 aliphatic rings. The third-order valence-corrected chi connectivity index (χ3v) is 4.97. The van der Waals surface area contributed by atoms with Crippen molar-refractivity contribution in [3.8, 4) is 0 Å². The molecule has 0 saturated carbocycles. The molecule has 152 valence electrons. The predicted octanol–water partition coefficient (Wildman–Crippen LogP) is 1.26. The number of hydrogen-bond acceptors (Lipinski definition) is 6. The molecule has 1 aromatic heterocycles. The number of hydrazone groups is 1. The van der Waals surface area contributed by atoms with Crippen LogP contribution in [0.5, 0.6) is 0 Å². The first kappa shape index (κ1) is 19.4. The highest BCUT2D eigenvalue weighted by atomic mass is 19.1. The number of nitrogens with zero attached hydrogens (tertiary/aromatic N) is 3. The molecular weight excluding hydrogens is 389 g/mol. The van der Waals surface area contributed by atoms with E-state index in [2.05, 4.69) is 20.7 Å². The Bertz CT molecular complexity index is 1080. The van der Waals surface area contributed by atoms with E-state index in [1.165, 1.54) is 24.3 Å². The van der Waals surface area contributed by atoms with Crippen molar-refractivity contribution in [1.82, 2.24) is 20.6 Å². The van der Waals surface area contributed by atoms with E-state index in [0.29, 0.717) is 11.1 Å². The van der Waals surface area contributed by atoms with Crippen LogP contribution in [0.4, 0.5) is 4.39 Å². The van der Waals surface area contributed by atoms with Crippen LogP contribution in [0.25, 0.3) is 0 Å². The molecule has 1 unspecified atom stereocenters. The Morgan fingerprint density at radius 1 is 1.13 bits per heavy atom. The van der Waals surface area contributed by atoms with Crippen LogP contribution in [0.3, 0.4) is 0 Å². The fourth-order valence-corrected chi connectivity index (χ4v) is 3.30. The molecule has 0 spiro atoms. The molecule has 1 atom stereocenters. The van der Waals surface area contributed by atoms with Crippen LogP contribution in [-0.2, 0) is 27.3 Å². The van der Waals surface area contributed by atoms with Crippen molar-refractivity contribution < 1.29 is 18.8 Å². The first-order valence-corrected chi connectivity index (χ1v) is 9.30. The molecule has 0 radical (unpaired) electrons.